The summed E-state index contributed by atoms with van der Waals surface area (Å²) in [5.41, 5.74) is 0.308. The number of aromatic nitrogens is 2. The van der Waals surface area contributed by atoms with Crippen LogP contribution in [0.4, 0.5) is 10.8 Å². The summed E-state index contributed by atoms with van der Waals surface area (Å²) in [4.78, 5) is 25.0. The lowest BCUT2D eigenvalue weighted by Gasteiger charge is -2.15. The zero-order valence-electron chi connectivity index (χ0n) is 15.6. The van der Waals surface area contributed by atoms with Crippen LogP contribution in [0.2, 0.25) is 0 Å². The predicted octanol–water partition coefficient (Wildman–Crippen LogP) is 4.17. The first kappa shape index (κ1) is 20.7. The Morgan fingerprint density at radius 1 is 1.14 bits per heavy atom. The third-order valence-corrected chi connectivity index (χ3v) is 5.60. The zero-order chi connectivity index (χ0) is 21.1. The normalized spacial score (nSPS) is 10.5. The molecule has 0 unspecified atom stereocenters. The summed E-state index contributed by atoms with van der Waals surface area (Å²) in [6.45, 7) is 0. The molecule has 1 amide bonds. The van der Waals surface area contributed by atoms with Crippen LogP contribution in [0, 0.1) is 10.1 Å². The van der Waals surface area contributed by atoms with Gasteiger partial charge in [-0.05, 0) is 12.1 Å². The third kappa shape index (κ3) is 4.20. The Morgan fingerprint density at radius 2 is 1.76 bits per heavy atom. The fourth-order valence-corrected chi connectivity index (χ4v) is 3.59. The zero-order valence-corrected chi connectivity index (χ0v) is 18.0. The molecule has 0 N–H and O–H groups in total. The standard InChI is InChI=1S/C18H15BrN4O5S/c1-22(18-21-20-16(29-18)10-4-6-11(19)7-5-10)17(24)12-8-14(27-2)15(28-3)9-13(12)23(25)26/h4-9H,1-3H3. The van der Waals surface area contributed by atoms with Gasteiger partial charge in [-0.3, -0.25) is 19.8 Å². The first-order valence-corrected chi connectivity index (χ1v) is 9.74. The smallest absolute Gasteiger partial charge is 0.286 e. The Morgan fingerprint density at radius 3 is 2.34 bits per heavy atom. The van der Waals surface area contributed by atoms with Crippen molar-refractivity contribution in [2.45, 2.75) is 0 Å². The minimum atomic E-state index is -0.642. The van der Waals surface area contributed by atoms with Gasteiger partial charge in [-0.25, -0.2) is 0 Å². The molecule has 150 valence electrons. The van der Waals surface area contributed by atoms with E-state index in [-0.39, 0.29) is 17.1 Å². The number of amides is 1. The Labute approximate surface area is 178 Å². The summed E-state index contributed by atoms with van der Waals surface area (Å²) in [5, 5.41) is 20.6. The summed E-state index contributed by atoms with van der Waals surface area (Å²) in [5.74, 6) is -0.245. The minimum Gasteiger partial charge on any atom is -0.493 e. The molecule has 0 saturated heterocycles. The van der Waals surface area contributed by atoms with Gasteiger partial charge in [-0.1, -0.05) is 39.4 Å². The average molecular weight is 479 g/mol. The maximum Gasteiger partial charge on any atom is 0.286 e. The monoisotopic (exact) mass is 478 g/mol. The lowest BCUT2D eigenvalue weighted by atomic mass is 10.1. The highest BCUT2D eigenvalue weighted by Gasteiger charge is 2.28. The molecule has 0 saturated carbocycles. The molecule has 0 fully saturated rings. The average Bonchev–Trinajstić information content (AvgIpc) is 3.22. The lowest BCUT2D eigenvalue weighted by molar-refractivity contribution is -0.385. The number of nitrogens with zero attached hydrogens (tertiary/aromatic N) is 4. The summed E-state index contributed by atoms with van der Waals surface area (Å²) in [6.07, 6.45) is 0. The van der Waals surface area contributed by atoms with E-state index in [1.807, 2.05) is 24.3 Å². The van der Waals surface area contributed by atoms with Crippen molar-refractivity contribution in [2.75, 3.05) is 26.2 Å². The fourth-order valence-electron chi connectivity index (χ4n) is 2.52. The van der Waals surface area contributed by atoms with Crippen LogP contribution in [0.15, 0.2) is 40.9 Å². The predicted molar refractivity (Wildman–Crippen MR) is 112 cm³/mol. The molecule has 0 aliphatic rings. The highest BCUT2D eigenvalue weighted by atomic mass is 79.9. The summed E-state index contributed by atoms with van der Waals surface area (Å²) in [7, 11) is 4.23. The topological polar surface area (TPSA) is 108 Å². The number of ether oxygens (including phenoxy) is 2. The fraction of sp³-hybridized carbons (Fsp3) is 0.167. The first-order valence-electron chi connectivity index (χ1n) is 8.13. The molecule has 0 aliphatic heterocycles. The molecule has 3 rings (SSSR count). The number of rotatable bonds is 6. The number of benzene rings is 2. The molecule has 1 heterocycles. The Hall–Kier alpha value is -3.05. The van der Waals surface area contributed by atoms with Crippen LogP contribution in [0.3, 0.4) is 0 Å². The van der Waals surface area contributed by atoms with Gasteiger partial charge in [0.2, 0.25) is 5.13 Å². The largest absolute Gasteiger partial charge is 0.493 e. The molecule has 1 aromatic heterocycles. The second-order valence-electron chi connectivity index (χ2n) is 5.74. The van der Waals surface area contributed by atoms with Gasteiger partial charge >= 0.3 is 0 Å². The number of carbonyl (C=O) groups excluding carboxylic acids is 1. The van der Waals surface area contributed by atoms with Gasteiger partial charge in [0.1, 0.15) is 10.6 Å². The molecule has 11 heteroatoms. The van der Waals surface area contributed by atoms with E-state index in [9.17, 15) is 14.9 Å². The minimum absolute atomic E-state index is 0.143. The third-order valence-electron chi connectivity index (χ3n) is 4.03. The van der Waals surface area contributed by atoms with Crippen molar-refractivity contribution >= 4 is 44.0 Å². The maximum atomic E-state index is 13.0. The number of hydrogen-bond acceptors (Lipinski definition) is 8. The number of anilines is 1. The van der Waals surface area contributed by atoms with E-state index < -0.39 is 16.5 Å². The number of halogens is 1. The molecule has 0 spiro atoms. The van der Waals surface area contributed by atoms with Crippen LogP contribution in [0.25, 0.3) is 10.6 Å². The van der Waals surface area contributed by atoms with E-state index in [0.29, 0.717) is 10.1 Å². The van der Waals surface area contributed by atoms with Gasteiger partial charge in [-0.15, -0.1) is 10.2 Å². The van der Waals surface area contributed by atoms with Gasteiger partial charge in [0.25, 0.3) is 11.6 Å². The molecule has 2 aromatic carbocycles. The Bertz CT molecular complexity index is 1070. The molecule has 29 heavy (non-hydrogen) atoms. The van der Waals surface area contributed by atoms with Gasteiger partial charge in [0, 0.05) is 23.2 Å². The first-order chi connectivity index (χ1) is 13.8. The van der Waals surface area contributed by atoms with Crippen LogP contribution < -0.4 is 14.4 Å². The molecule has 0 atom stereocenters. The van der Waals surface area contributed by atoms with Crippen LogP contribution in [-0.4, -0.2) is 42.3 Å². The van der Waals surface area contributed by atoms with E-state index in [1.165, 1.54) is 43.6 Å². The van der Waals surface area contributed by atoms with Crippen molar-refractivity contribution in [2.24, 2.45) is 0 Å². The highest BCUT2D eigenvalue weighted by Crippen LogP contribution is 2.36. The SMILES string of the molecule is COc1cc(C(=O)N(C)c2nnc(-c3ccc(Br)cc3)s2)c([N+](=O)[O-])cc1OC. The molecule has 0 aliphatic carbocycles. The van der Waals surface area contributed by atoms with E-state index >= 15 is 0 Å². The van der Waals surface area contributed by atoms with Gasteiger partial charge in [-0.2, -0.15) is 0 Å². The van der Waals surface area contributed by atoms with Crippen LogP contribution in [0.5, 0.6) is 11.5 Å². The van der Waals surface area contributed by atoms with Crippen LogP contribution in [-0.2, 0) is 0 Å². The number of nitro groups is 1. The molecule has 3 aromatic rings. The molecule has 9 nitrogen and oxygen atoms in total. The van der Waals surface area contributed by atoms with E-state index in [4.69, 9.17) is 9.47 Å². The number of carbonyl (C=O) groups is 1. The summed E-state index contributed by atoms with van der Waals surface area (Å²) >= 11 is 4.57. The van der Waals surface area contributed by atoms with Crippen LogP contribution in [0.1, 0.15) is 10.4 Å². The molecule has 0 bridgehead atoms. The highest BCUT2D eigenvalue weighted by molar-refractivity contribution is 9.10. The van der Waals surface area contributed by atoms with Crippen LogP contribution >= 0.6 is 27.3 Å². The second kappa shape index (κ2) is 8.53. The summed E-state index contributed by atoms with van der Waals surface area (Å²) < 4.78 is 11.2. The van der Waals surface area contributed by atoms with Crippen molar-refractivity contribution < 1.29 is 19.2 Å². The van der Waals surface area contributed by atoms with Crippen molar-refractivity contribution in [1.29, 1.82) is 0 Å². The van der Waals surface area contributed by atoms with Gasteiger partial charge < -0.3 is 9.47 Å². The number of methoxy groups -OCH3 is 2. The Balaban J connectivity index is 1.96. The number of nitro benzene ring substituents is 1. The van der Waals surface area contributed by atoms with E-state index in [0.717, 1.165) is 16.1 Å². The molecular formula is C18H15BrN4O5S. The summed E-state index contributed by atoms with van der Waals surface area (Å²) in [6, 6.07) is 9.93. The van der Waals surface area contributed by atoms with E-state index in [2.05, 4.69) is 26.1 Å². The van der Waals surface area contributed by atoms with Crippen molar-refractivity contribution in [3.63, 3.8) is 0 Å². The van der Waals surface area contributed by atoms with Gasteiger partial charge in [0.05, 0.1) is 25.2 Å². The molecule has 0 radical (unpaired) electrons. The second-order valence-corrected chi connectivity index (χ2v) is 7.61. The Kier molecular flexibility index (Phi) is 6.09. The van der Waals surface area contributed by atoms with E-state index in [1.54, 1.807) is 0 Å². The molecular weight excluding hydrogens is 464 g/mol. The van der Waals surface area contributed by atoms with Crippen molar-refractivity contribution in [3.8, 4) is 22.1 Å². The lowest BCUT2D eigenvalue weighted by Crippen LogP contribution is -2.27. The maximum absolute atomic E-state index is 13.0. The van der Waals surface area contributed by atoms with Crippen molar-refractivity contribution in [1.82, 2.24) is 10.2 Å². The number of hydrogen-bond donors (Lipinski definition) is 0. The van der Waals surface area contributed by atoms with Gasteiger partial charge in [0.15, 0.2) is 11.5 Å². The quantitative estimate of drug-likeness (QED) is 0.386. The van der Waals surface area contributed by atoms with Crippen molar-refractivity contribution in [3.05, 3.63) is 56.5 Å².